The molecule has 106 valence electrons. The molecule has 0 spiro atoms. The number of carboxylic acids is 1. The van der Waals surface area contributed by atoms with Crippen molar-refractivity contribution in [1.82, 2.24) is 20.5 Å². The normalized spacial score (nSPS) is 14.3. The number of carbonyl (C=O) groups excluding carboxylic acids is 1. The van der Waals surface area contributed by atoms with Crippen molar-refractivity contribution in [3.05, 3.63) is 12.2 Å². The second kappa shape index (κ2) is 6.98. The maximum atomic E-state index is 11.5. The Morgan fingerprint density at radius 1 is 1.42 bits per heavy atom. The van der Waals surface area contributed by atoms with E-state index in [0.717, 1.165) is 0 Å². The largest absolute Gasteiger partial charge is 0.480 e. The molecule has 0 radical (unpaired) electrons. The van der Waals surface area contributed by atoms with E-state index in [-0.39, 0.29) is 12.2 Å². The first kappa shape index (κ1) is 15.3. The van der Waals surface area contributed by atoms with E-state index in [4.69, 9.17) is 0 Å². The van der Waals surface area contributed by atoms with Gasteiger partial charge >= 0.3 is 5.97 Å². The molecule has 0 bridgehead atoms. The number of aliphatic carboxylic acids is 1. The summed E-state index contributed by atoms with van der Waals surface area (Å²) in [5.41, 5.74) is 0. The lowest BCUT2D eigenvalue weighted by molar-refractivity contribution is -0.140. The van der Waals surface area contributed by atoms with Crippen molar-refractivity contribution in [3.63, 3.8) is 0 Å². The van der Waals surface area contributed by atoms with Crippen molar-refractivity contribution in [2.75, 3.05) is 0 Å². The molecule has 0 amide bonds. The van der Waals surface area contributed by atoms with E-state index in [2.05, 4.69) is 20.5 Å². The SMILES string of the molecule is CC(=O)C(CC(C)C)NC(Cc1ncn[nH]1)C(=O)O. The van der Waals surface area contributed by atoms with Crippen LogP contribution in [0.2, 0.25) is 0 Å². The molecule has 2 atom stereocenters. The molecule has 7 heteroatoms. The van der Waals surface area contributed by atoms with Crippen molar-refractivity contribution in [2.24, 2.45) is 5.92 Å². The van der Waals surface area contributed by atoms with Gasteiger partial charge in [-0.05, 0) is 19.3 Å². The Kier molecular flexibility index (Phi) is 5.62. The average Bonchev–Trinajstić information content (AvgIpc) is 2.78. The van der Waals surface area contributed by atoms with Crippen LogP contribution in [-0.4, -0.2) is 44.1 Å². The van der Waals surface area contributed by atoms with Crippen LogP contribution in [0.25, 0.3) is 0 Å². The number of hydrogen-bond acceptors (Lipinski definition) is 5. The Hall–Kier alpha value is -1.76. The van der Waals surface area contributed by atoms with Gasteiger partial charge in [-0.1, -0.05) is 13.8 Å². The Morgan fingerprint density at radius 3 is 2.53 bits per heavy atom. The molecule has 19 heavy (non-hydrogen) atoms. The van der Waals surface area contributed by atoms with Gasteiger partial charge in [-0.25, -0.2) is 4.98 Å². The van der Waals surface area contributed by atoms with E-state index in [1.165, 1.54) is 13.3 Å². The third-order valence-corrected chi connectivity index (χ3v) is 2.76. The number of aromatic nitrogens is 3. The number of nitrogens with one attached hydrogen (secondary N) is 2. The number of carboxylic acid groups (broad SMARTS) is 1. The minimum absolute atomic E-state index is 0.0579. The lowest BCUT2D eigenvalue weighted by atomic mass is 9.99. The summed E-state index contributed by atoms with van der Waals surface area (Å²) in [4.78, 5) is 26.7. The zero-order chi connectivity index (χ0) is 14.4. The molecule has 1 heterocycles. The lowest BCUT2D eigenvalue weighted by Crippen LogP contribution is -2.48. The standard InChI is InChI=1S/C12H20N4O3/c1-7(2)4-9(8(3)17)15-10(12(18)19)5-11-13-6-14-16-11/h6-7,9-10,15H,4-5H2,1-3H3,(H,18,19)(H,13,14,16). The molecule has 1 aromatic heterocycles. The van der Waals surface area contributed by atoms with Crippen LogP contribution in [0.4, 0.5) is 0 Å². The number of nitrogens with zero attached hydrogens (tertiary/aromatic N) is 2. The van der Waals surface area contributed by atoms with Gasteiger partial charge in [0, 0.05) is 6.42 Å². The smallest absolute Gasteiger partial charge is 0.321 e. The molecule has 0 aliphatic carbocycles. The van der Waals surface area contributed by atoms with E-state index < -0.39 is 18.1 Å². The fraction of sp³-hybridized carbons (Fsp3) is 0.667. The zero-order valence-corrected chi connectivity index (χ0v) is 11.4. The summed E-state index contributed by atoms with van der Waals surface area (Å²) in [5.74, 6) is -0.281. The van der Waals surface area contributed by atoms with E-state index in [0.29, 0.717) is 18.2 Å². The Labute approximate surface area is 111 Å². The average molecular weight is 268 g/mol. The molecule has 0 aromatic carbocycles. The van der Waals surface area contributed by atoms with E-state index in [1.807, 2.05) is 13.8 Å². The van der Waals surface area contributed by atoms with E-state index >= 15 is 0 Å². The summed E-state index contributed by atoms with van der Waals surface area (Å²) < 4.78 is 0. The molecule has 0 fully saturated rings. The van der Waals surface area contributed by atoms with Crippen molar-refractivity contribution in [3.8, 4) is 0 Å². The minimum atomic E-state index is -1.01. The first-order valence-electron chi connectivity index (χ1n) is 6.23. The highest BCUT2D eigenvalue weighted by Crippen LogP contribution is 2.08. The highest BCUT2D eigenvalue weighted by atomic mass is 16.4. The highest BCUT2D eigenvalue weighted by Gasteiger charge is 2.25. The van der Waals surface area contributed by atoms with Crippen LogP contribution in [0.1, 0.15) is 33.0 Å². The quantitative estimate of drug-likeness (QED) is 0.629. The molecule has 2 unspecified atom stereocenters. The fourth-order valence-electron chi connectivity index (χ4n) is 1.81. The van der Waals surface area contributed by atoms with Crippen LogP contribution in [0, 0.1) is 5.92 Å². The number of rotatable bonds is 8. The van der Waals surface area contributed by atoms with Crippen LogP contribution in [0.3, 0.4) is 0 Å². The molecular formula is C12H20N4O3. The van der Waals surface area contributed by atoms with Gasteiger partial charge in [-0.15, -0.1) is 0 Å². The van der Waals surface area contributed by atoms with Crippen LogP contribution < -0.4 is 5.32 Å². The van der Waals surface area contributed by atoms with Crippen molar-refractivity contribution < 1.29 is 14.7 Å². The summed E-state index contributed by atoms with van der Waals surface area (Å²) >= 11 is 0. The van der Waals surface area contributed by atoms with Crippen LogP contribution in [-0.2, 0) is 16.0 Å². The van der Waals surface area contributed by atoms with Gasteiger partial charge < -0.3 is 5.11 Å². The second-order valence-corrected chi connectivity index (χ2v) is 4.99. The summed E-state index contributed by atoms with van der Waals surface area (Å²) in [5, 5.41) is 18.4. The van der Waals surface area contributed by atoms with Gasteiger partial charge in [0.15, 0.2) is 0 Å². The molecule has 1 aromatic rings. The molecule has 0 aliphatic rings. The summed E-state index contributed by atoms with van der Waals surface area (Å²) in [7, 11) is 0. The van der Waals surface area contributed by atoms with E-state index in [1.54, 1.807) is 0 Å². The molecule has 3 N–H and O–H groups in total. The third kappa shape index (κ3) is 5.17. The number of aromatic amines is 1. The Balaban J connectivity index is 2.70. The molecule has 0 saturated heterocycles. The molecular weight excluding hydrogens is 248 g/mol. The fourth-order valence-corrected chi connectivity index (χ4v) is 1.81. The van der Waals surface area contributed by atoms with Gasteiger partial charge in [0.05, 0.1) is 6.04 Å². The predicted octanol–water partition coefficient (Wildman–Crippen LogP) is 0.394. The van der Waals surface area contributed by atoms with Crippen LogP contribution in [0.5, 0.6) is 0 Å². The minimum Gasteiger partial charge on any atom is -0.480 e. The van der Waals surface area contributed by atoms with Gasteiger partial charge in [0.2, 0.25) is 0 Å². The summed E-state index contributed by atoms with van der Waals surface area (Å²) in [6, 6.07) is -1.32. The Bertz CT molecular complexity index is 417. The van der Waals surface area contributed by atoms with Crippen molar-refractivity contribution >= 4 is 11.8 Å². The first-order valence-corrected chi connectivity index (χ1v) is 6.23. The maximum Gasteiger partial charge on any atom is 0.321 e. The maximum absolute atomic E-state index is 11.5. The number of Topliss-reactive ketones (excluding diaryl/α,β-unsaturated/α-hetero) is 1. The summed E-state index contributed by atoms with van der Waals surface area (Å²) in [6.45, 7) is 5.45. The second-order valence-electron chi connectivity index (χ2n) is 4.99. The molecule has 1 rings (SSSR count). The predicted molar refractivity (Wildman–Crippen MR) is 68.6 cm³/mol. The Morgan fingerprint density at radius 2 is 2.11 bits per heavy atom. The van der Waals surface area contributed by atoms with Crippen LogP contribution >= 0.6 is 0 Å². The molecule has 7 nitrogen and oxygen atoms in total. The van der Waals surface area contributed by atoms with E-state index in [9.17, 15) is 14.7 Å². The zero-order valence-electron chi connectivity index (χ0n) is 11.4. The number of H-pyrrole nitrogens is 1. The number of ketones is 1. The van der Waals surface area contributed by atoms with Gasteiger partial charge in [0.1, 0.15) is 24.0 Å². The summed E-state index contributed by atoms with van der Waals surface area (Å²) in [6.07, 6.45) is 2.09. The topological polar surface area (TPSA) is 108 Å². The lowest BCUT2D eigenvalue weighted by Gasteiger charge is -2.22. The van der Waals surface area contributed by atoms with Gasteiger partial charge in [-0.2, -0.15) is 5.10 Å². The number of carbonyl (C=O) groups is 2. The molecule has 0 aliphatic heterocycles. The number of hydrogen-bond donors (Lipinski definition) is 3. The van der Waals surface area contributed by atoms with Gasteiger partial charge in [0.25, 0.3) is 0 Å². The third-order valence-electron chi connectivity index (χ3n) is 2.76. The molecule has 0 saturated carbocycles. The van der Waals surface area contributed by atoms with Crippen LogP contribution in [0.15, 0.2) is 6.33 Å². The van der Waals surface area contributed by atoms with Gasteiger partial charge in [-0.3, -0.25) is 20.0 Å². The monoisotopic (exact) mass is 268 g/mol. The van der Waals surface area contributed by atoms with Crippen molar-refractivity contribution in [1.29, 1.82) is 0 Å². The van der Waals surface area contributed by atoms with Crippen molar-refractivity contribution in [2.45, 2.75) is 45.7 Å². The highest BCUT2D eigenvalue weighted by molar-refractivity contribution is 5.82. The first-order chi connectivity index (χ1) is 8.90.